The summed E-state index contributed by atoms with van der Waals surface area (Å²) in [5, 5.41) is 25.3. The van der Waals surface area contributed by atoms with Crippen LogP contribution >= 0.6 is 11.3 Å². The molecule has 4 rings (SSSR count). The molecule has 29 heavy (non-hydrogen) atoms. The van der Waals surface area contributed by atoms with Crippen LogP contribution < -0.4 is 5.32 Å². The molecule has 0 bridgehead atoms. The van der Waals surface area contributed by atoms with E-state index in [4.69, 9.17) is 0 Å². The van der Waals surface area contributed by atoms with Crippen LogP contribution in [0.2, 0.25) is 0 Å². The number of carbonyl (C=O) groups excluding carboxylic acids is 1. The molecule has 0 saturated heterocycles. The number of thiazole rings is 1. The second-order valence-electron chi connectivity index (χ2n) is 5.95. The van der Waals surface area contributed by atoms with E-state index in [1.54, 1.807) is 35.8 Å². The Bertz CT molecular complexity index is 1170. The van der Waals surface area contributed by atoms with Crippen molar-refractivity contribution in [3.8, 4) is 28.4 Å². The number of aromatic nitrogens is 3. The van der Waals surface area contributed by atoms with Gasteiger partial charge in [0.15, 0.2) is 10.8 Å². The van der Waals surface area contributed by atoms with E-state index in [-0.39, 0.29) is 17.1 Å². The van der Waals surface area contributed by atoms with E-state index in [0.717, 1.165) is 0 Å². The number of benzene rings is 2. The third-order valence-corrected chi connectivity index (χ3v) is 4.77. The highest BCUT2D eigenvalue weighted by molar-refractivity contribution is 7.13. The maximum atomic E-state index is 12.8. The van der Waals surface area contributed by atoms with E-state index >= 15 is 0 Å². The third kappa shape index (κ3) is 3.82. The second-order valence-corrected chi connectivity index (χ2v) is 6.85. The minimum Gasteiger partial charge on any atom is -0.508 e. The number of hydrogen-bond donors (Lipinski definition) is 3. The summed E-state index contributed by atoms with van der Waals surface area (Å²) in [5.74, 6) is 0.0253. The fourth-order valence-corrected chi connectivity index (χ4v) is 3.22. The molecule has 0 fully saturated rings. The average Bonchev–Trinajstić information content (AvgIpc) is 3.38. The van der Waals surface area contributed by atoms with Crippen LogP contribution in [-0.4, -0.2) is 30.9 Å². The molecule has 1 amide bonds. The molecule has 0 aliphatic carbocycles. The molecule has 9 nitrogen and oxygen atoms in total. The number of H-pyrrole nitrogens is 1. The van der Waals surface area contributed by atoms with Crippen LogP contribution in [-0.2, 0) is 0 Å². The summed E-state index contributed by atoms with van der Waals surface area (Å²) < 4.78 is 0. The average molecular weight is 407 g/mol. The number of phenols is 1. The van der Waals surface area contributed by atoms with Gasteiger partial charge < -0.3 is 10.1 Å². The summed E-state index contributed by atoms with van der Waals surface area (Å²) in [6.07, 6.45) is 1.58. The number of nitro groups is 1. The van der Waals surface area contributed by atoms with E-state index in [1.165, 1.54) is 35.6 Å². The number of phenolic OH excluding ortho intramolecular Hbond substituents is 1. The van der Waals surface area contributed by atoms with Gasteiger partial charge in [-0.05, 0) is 36.4 Å². The summed E-state index contributed by atoms with van der Waals surface area (Å²) in [7, 11) is 0. The van der Waals surface area contributed by atoms with Gasteiger partial charge in [0.25, 0.3) is 11.6 Å². The number of hydrogen-bond acceptors (Lipinski definition) is 7. The SMILES string of the molecule is O=C(Nc1nccs1)c1nc(-c2ccc([N+](=O)[O-])cc2)[nH]c1-c1ccc(O)cc1. The molecule has 0 aliphatic rings. The smallest absolute Gasteiger partial charge is 0.278 e. The summed E-state index contributed by atoms with van der Waals surface area (Å²) in [6, 6.07) is 12.2. The number of imidazole rings is 1. The Morgan fingerprint density at radius 2 is 1.79 bits per heavy atom. The number of rotatable bonds is 5. The van der Waals surface area contributed by atoms with Crippen molar-refractivity contribution in [1.29, 1.82) is 0 Å². The van der Waals surface area contributed by atoms with E-state index in [9.17, 15) is 20.0 Å². The van der Waals surface area contributed by atoms with Crippen molar-refractivity contribution in [1.82, 2.24) is 15.0 Å². The Balaban J connectivity index is 1.76. The normalized spacial score (nSPS) is 10.6. The minimum atomic E-state index is -0.485. The zero-order chi connectivity index (χ0) is 20.4. The number of aromatic amines is 1. The van der Waals surface area contributed by atoms with Crippen molar-refractivity contribution >= 4 is 28.1 Å². The lowest BCUT2D eigenvalue weighted by molar-refractivity contribution is -0.384. The maximum Gasteiger partial charge on any atom is 0.278 e. The molecule has 0 atom stereocenters. The van der Waals surface area contributed by atoms with Crippen LogP contribution in [0.4, 0.5) is 10.8 Å². The molecule has 0 saturated carbocycles. The molecule has 2 aromatic heterocycles. The van der Waals surface area contributed by atoms with Crippen molar-refractivity contribution in [3.63, 3.8) is 0 Å². The molecule has 3 N–H and O–H groups in total. The standard InChI is InChI=1S/C19H13N5O4S/c25-14-7-3-11(4-8-14)15-16(18(26)23-19-20-9-10-29-19)22-17(21-15)12-1-5-13(6-2-12)24(27)28/h1-10,25H,(H,21,22)(H,20,23,26). The molecule has 144 valence electrons. The first-order valence-electron chi connectivity index (χ1n) is 8.36. The van der Waals surface area contributed by atoms with Gasteiger partial charge in [0.1, 0.15) is 11.6 Å². The minimum absolute atomic E-state index is 0.0409. The monoisotopic (exact) mass is 407 g/mol. The van der Waals surface area contributed by atoms with Crippen molar-refractivity contribution in [2.75, 3.05) is 5.32 Å². The number of nitrogens with zero attached hydrogens (tertiary/aromatic N) is 3. The van der Waals surface area contributed by atoms with Crippen LogP contribution in [0.3, 0.4) is 0 Å². The highest BCUT2D eigenvalue weighted by atomic mass is 32.1. The lowest BCUT2D eigenvalue weighted by Gasteiger charge is -2.03. The van der Waals surface area contributed by atoms with Gasteiger partial charge in [-0.25, -0.2) is 9.97 Å². The molecular formula is C19H13N5O4S. The van der Waals surface area contributed by atoms with Gasteiger partial charge >= 0.3 is 0 Å². The molecule has 0 aliphatic heterocycles. The zero-order valence-corrected chi connectivity index (χ0v) is 15.5. The number of aromatic hydroxyl groups is 1. The molecule has 4 aromatic rings. The van der Waals surface area contributed by atoms with E-state index in [2.05, 4.69) is 20.3 Å². The first-order valence-corrected chi connectivity index (χ1v) is 9.24. The molecule has 0 unspecified atom stereocenters. The topological polar surface area (TPSA) is 134 Å². The van der Waals surface area contributed by atoms with Crippen LogP contribution in [0, 0.1) is 10.1 Å². The van der Waals surface area contributed by atoms with E-state index in [0.29, 0.717) is 27.8 Å². The van der Waals surface area contributed by atoms with Gasteiger partial charge in [-0.1, -0.05) is 0 Å². The number of carbonyl (C=O) groups is 1. The van der Waals surface area contributed by atoms with E-state index < -0.39 is 10.8 Å². The third-order valence-electron chi connectivity index (χ3n) is 4.08. The Morgan fingerprint density at radius 3 is 2.41 bits per heavy atom. The number of anilines is 1. The Kier molecular flexibility index (Phi) is 4.75. The molecule has 2 aromatic carbocycles. The van der Waals surface area contributed by atoms with Crippen LogP contribution in [0.15, 0.2) is 60.1 Å². The van der Waals surface area contributed by atoms with Gasteiger partial charge in [0.05, 0.1) is 10.6 Å². The number of nitrogens with one attached hydrogen (secondary N) is 2. The van der Waals surface area contributed by atoms with Gasteiger partial charge in [0.2, 0.25) is 0 Å². The predicted molar refractivity (Wildman–Crippen MR) is 108 cm³/mol. The lowest BCUT2D eigenvalue weighted by Crippen LogP contribution is -2.13. The van der Waals surface area contributed by atoms with Crippen LogP contribution in [0.1, 0.15) is 10.5 Å². The molecule has 0 spiro atoms. The molecule has 10 heteroatoms. The molecule has 2 heterocycles. The Hall–Kier alpha value is -4.05. The van der Waals surface area contributed by atoms with Crippen LogP contribution in [0.5, 0.6) is 5.75 Å². The number of amides is 1. The molecule has 0 radical (unpaired) electrons. The van der Waals surface area contributed by atoms with Gasteiger partial charge in [0, 0.05) is 34.8 Å². The van der Waals surface area contributed by atoms with Crippen molar-refractivity contribution in [2.24, 2.45) is 0 Å². The van der Waals surface area contributed by atoms with Crippen LogP contribution in [0.25, 0.3) is 22.6 Å². The summed E-state index contributed by atoms with van der Waals surface area (Å²) in [4.78, 5) is 34.7. The van der Waals surface area contributed by atoms with Crippen molar-refractivity contribution < 1.29 is 14.8 Å². The maximum absolute atomic E-state index is 12.8. The quantitative estimate of drug-likeness (QED) is 0.337. The largest absolute Gasteiger partial charge is 0.508 e. The Morgan fingerprint density at radius 1 is 1.10 bits per heavy atom. The fraction of sp³-hybridized carbons (Fsp3) is 0. The first kappa shape index (κ1) is 18.3. The van der Waals surface area contributed by atoms with Gasteiger partial charge in [-0.15, -0.1) is 11.3 Å². The second kappa shape index (κ2) is 7.52. The highest BCUT2D eigenvalue weighted by Crippen LogP contribution is 2.29. The number of non-ortho nitro benzene ring substituents is 1. The summed E-state index contributed by atoms with van der Waals surface area (Å²) in [5.41, 5.74) is 1.78. The highest BCUT2D eigenvalue weighted by Gasteiger charge is 2.21. The zero-order valence-electron chi connectivity index (χ0n) is 14.7. The predicted octanol–water partition coefficient (Wildman–Crippen LogP) is 4.07. The van der Waals surface area contributed by atoms with Gasteiger partial charge in [-0.3, -0.25) is 20.2 Å². The number of nitro benzene ring substituents is 1. The van der Waals surface area contributed by atoms with Crippen molar-refractivity contribution in [3.05, 3.63) is 75.9 Å². The summed E-state index contributed by atoms with van der Waals surface area (Å²) >= 11 is 1.28. The van der Waals surface area contributed by atoms with E-state index in [1.807, 2.05) is 0 Å². The Labute approximate surface area is 167 Å². The summed E-state index contributed by atoms with van der Waals surface area (Å²) in [6.45, 7) is 0. The first-order chi connectivity index (χ1) is 14.0. The molecular weight excluding hydrogens is 394 g/mol. The van der Waals surface area contributed by atoms with Gasteiger partial charge in [-0.2, -0.15) is 0 Å². The van der Waals surface area contributed by atoms with Crippen molar-refractivity contribution in [2.45, 2.75) is 0 Å². The fourth-order valence-electron chi connectivity index (χ4n) is 2.69. The lowest BCUT2D eigenvalue weighted by atomic mass is 10.1.